The average molecular weight is 188 g/mol. The Hall–Kier alpha value is -0.490. The van der Waals surface area contributed by atoms with Crippen LogP contribution in [0.15, 0.2) is 19.0 Å². The maximum atomic E-state index is 3.56. The van der Waals surface area contributed by atoms with E-state index in [1.807, 2.05) is 0 Å². The first-order valence-corrected chi connectivity index (χ1v) is 1.55. The van der Waals surface area contributed by atoms with Gasteiger partial charge in [-0.05, 0) is 0 Å². The van der Waals surface area contributed by atoms with E-state index in [0.29, 0.717) is 0 Å². The smallest absolute Gasteiger partial charge is 0.119 e. The summed E-state index contributed by atoms with van der Waals surface area (Å²) >= 11 is 0. The molecule has 0 saturated carbocycles. The molecule has 0 saturated heterocycles. The molecule has 0 fully saturated rings. The van der Waals surface area contributed by atoms with Crippen LogP contribution in [0.5, 0.6) is 0 Å². The fraction of sp³-hybridized carbons (Fsp3) is 0. The first-order valence-electron chi connectivity index (χ1n) is 1.55. The highest BCUT2D eigenvalue weighted by molar-refractivity contribution is 5.85. The van der Waals surface area contributed by atoms with Crippen molar-refractivity contribution in [3.05, 3.63) is 19.0 Å². The predicted molar refractivity (Wildman–Crippen MR) is 44.4 cm³/mol. The highest BCUT2D eigenvalue weighted by atomic mass is 35.5. The van der Waals surface area contributed by atoms with Crippen molar-refractivity contribution < 1.29 is 0 Å². The van der Waals surface area contributed by atoms with Gasteiger partial charge in [-0.15, -0.1) is 24.8 Å². The second-order valence-corrected chi connectivity index (χ2v) is 0.794. The Labute approximate surface area is 71.7 Å². The van der Waals surface area contributed by atoms with Crippen LogP contribution >= 0.6 is 24.8 Å². The molecule has 7 heteroatoms. The normalized spacial score (nSPS) is 4.80. The lowest BCUT2D eigenvalue weighted by atomic mass is 11.1. The van der Waals surface area contributed by atoms with Crippen LogP contribution in [0.1, 0.15) is 0 Å². The second kappa shape index (κ2) is 15.8. The molecular formula is C3H11Cl2N5. The lowest BCUT2D eigenvalue weighted by Crippen LogP contribution is -1.73. The van der Waals surface area contributed by atoms with Gasteiger partial charge in [0.05, 0.1) is 0 Å². The van der Waals surface area contributed by atoms with Crippen molar-refractivity contribution in [3.8, 4) is 0 Å². The SMILES string of the molecule is Cl.Cl.N.N.c1ncncn1. The van der Waals surface area contributed by atoms with Gasteiger partial charge < -0.3 is 12.3 Å². The van der Waals surface area contributed by atoms with Gasteiger partial charge in [-0.1, -0.05) is 0 Å². The lowest BCUT2D eigenvalue weighted by Gasteiger charge is -1.69. The number of hydrogen-bond donors (Lipinski definition) is 2. The van der Waals surface area contributed by atoms with E-state index < -0.39 is 0 Å². The molecule has 10 heavy (non-hydrogen) atoms. The largest absolute Gasteiger partial charge is 0.344 e. The minimum absolute atomic E-state index is 0. The van der Waals surface area contributed by atoms with E-state index in [-0.39, 0.29) is 37.1 Å². The van der Waals surface area contributed by atoms with Gasteiger partial charge in [-0.25, -0.2) is 15.0 Å². The molecule has 0 amide bonds. The first-order chi connectivity index (χ1) is 3.00. The van der Waals surface area contributed by atoms with E-state index in [0.717, 1.165) is 0 Å². The van der Waals surface area contributed by atoms with Crippen LogP contribution in [0.3, 0.4) is 0 Å². The van der Waals surface area contributed by atoms with E-state index in [4.69, 9.17) is 0 Å². The molecule has 6 N–H and O–H groups in total. The van der Waals surface area contributed by atoms with Crippen molar-refractivity contribution in [2.75, 3.05) is 0 Å². The van der Waals surface area contributed by atoms with Gasteiger partial charge >= 0.3 is 0 Å². The van der Waals surface area contributed by atoms with Crippen molar-refractivity contribution in [3.63, 3.8) is 0 Å². The number of nitrogens with zero attached hydrogens (tertiary/aromatic N) is 3. The van der Waals surface area contributed by atoms with Gasteiger partial charge in [0.1, 0.15) is 19.0 Å². The molecule has 5 nitrogen and oxygen atoms in total. The van der Waals surface area contributed by atoms with Crippen LogP contribution in [-0.2, 0) is 0 Å². The maximum Gasteiger partial charge on any atom is 0.119 e. The Kier molecular flexibility index (Phi) is 35.9. The van der Waals surface area contributed by atoms with E-state index in [1.54, 1.807) is 0 Å². The van der Waals surface area contributed by atoms with Gasteiger partial charge in [0.15, 0.2) is 0 Å². The van der Waals surface area contributed by atoms with E-state index >= 15 is 0 Å². The number of halogens is 2. The zero-order chi connectivity index (χ0) is 4.24. The summed E-state index contributed by atoms with van der Waals surface area (Å²) in [6.45, 7) is 0. The summed E-state index contributed by atoms with van der Waals surface area (Å²) in [7, 11) is 0. The van der Waals surface area contributed by atoms with Gasteiger partial charge in [0.25, 0.3) is 0 Å². The van der Waals surface area contributed by atoms with E-state index in [9.17, 15) is 0 Å². The summed E-state index contributed by atoms with van der Waals surface area (Å²) in [5.74, 6) is 0. The molecule has 0 aliphatic rings. The Morgan fingerprint density at radius 2 is 0.800 bits per heavy atom. The molecule has 1 aromatic heterocycles. The maximum absolute atomic E-state index is 3.56. The monoisotopic (exact) mass is 187 g/mol. The molecule has 1 rings (SSSR count). The van der Waals surface area contributed by atoms with Crippen molar-refractivity contribution >= 4 is 24.8 Å². The van der Waals surface area contributed by atoms with Crippen molar-refractivity contribution in [1.29, 1.82) is 0 Å². The third kappa shape index (κ3) is 10.5. The van der Waals surface area contributed by atoms with E-state index in [2.05, 4.69) is 15.0 Å². The van der Waals surface area contributed by atoms with Crippen molar-refractivity contribution in [1.82, 2.24) is 27.3 Å². The third-order valence-electron chi connectivity index (χ3n) is 0.400. The molecule has 0 atom stereocenters. The van der Waals surface area contributed by atoms with Crippen LogP contribution in [-0.4, -0.2) is 15.0 Å². The quantitative estimate of drug-likeness (QED) is 0.632. The molecule has 0 spiro atoms. The Morgan fingerprint density at radius 1 is 0.600 bits per heavy atom. The highest BCUT2D eigenvalue weighted by Gasteiger charge is 1.59. The fourth-order valence-electron chi connectivity index (χ4n) is 0.205. The average Bonchev–Trinajstić information content (AvgIpc) is 1.72. The third-order valence-corrected chi connectivity index (χ3v) is 0.400. The summed E-state index contributed by atoms with van der Waals surface area (Å²) in [6.07, 6.45) is 4.31. The molecule has 62 valence electrons. The minimum atomic E-state index is 0. The molecule has 1 aromatic rings. The summed E-state index contributed by atoms with van der Waals surface area (Å²) < 4.78 is 0. The van der Waals surface area contributed by atoms with Gasteiger partial charge in [0.2, 0.25) is 0 Å². The molecule has 0 aliphatic heterocycles. The summed E-state index contributed by atoms with van der Waals surface area (Å²) in [4.78, 5) is 10.7. The van der Waals surface area contributed by atoms with Crippen LogP contribution in [0.25, 0.3) is 0 Å². The number of rotatable bonds is 0. The topological polar surface area (TPSA) is 109 Å². The van der Waals surface area contributed by atoms with Crippen LogP contribution in [0.2, 0.25) is 0 Å². The number of aromatic nitrogens is 3. The Morgan fingerprint density at radius 3 is 0.900 bits per heavy atom. The Balaban J connectivity index is -0.0000000450. The molecule has 0 aromatic carbocycles. The summed E-state index contributed by atoms with van der Waals surface area (Å²) in [6, 6.07) is 0. The zero-order valence-corrected chi connectivity index (χ0v) is 6.94. The molecular weight excluding hydrogens is 177 g/mol. The summed E-state index contributed by atoms with van der Waals surface area (Å²) in [5.41, 5.74) is 0. The van der Waals surface area contributed by atoms with Crippen molar-refractivity contribution in [2.24, 2.45) is 0 Å². The fourth-order valence-corrected chi connectivity index (χ4v) is 0.205. The standard InChI is InChI=1S/C3H3N3.2ClH.2H3N/c1-4-2-6-3-5-1;;;;/h1-3H;2*1H;2*1H3. The van der Waals surface area contributed by atoms with Gasteiger partial charge in [-0.2, -0.15) is 0 Å². The predicted octanol–water partition coefficient (Wildman–Crippen LogP) is 1.04. The van der Waals surface area contributed by atoms with Crippen LogP contribution < -0.4 is 12.3 Å². The summed E-state index contributed by atoms with van der Waals surface area (Å²) in [5, 5.41) is 0. The van der Waals surface area contributed by atoms with Gasteiger partial charge in [-0.3, -0.25) is 0 Å². The van der Waals surface area contributed by atoms with Crippen LogP contribution in [0, 0.1) is 0 Å². The van der Waals surface area contributed by atoms with Gasteiger partial charge in [0, 0.05) is 0 Å². The lowest BCUT2D eigenvalue weighted by molar-refractivity contribution is 1.05. The molecule has 0 bridgehead atoms. The molecule has 0 radical (unpaired) electrons. The zero-order valence-electron chi connectivity index (χ0n) is 5.30. The number of hydrogen-bond acceptors (Lipinski definition) is 5. The molecule has 0 aliphatic carbocycles. The Bertz CT molecular complexity index is 86.8. The second-order valence-electron chi connectivity index (χ2n) is 0.794. The highest BCUT2D eigenvalue weighted by Crippen LogP contribution is 1.57. The molecule has 1 heterocycles. The first kappa shape index (κ1) is 22.7. The van der Waals surface area contributed by atoms with Crippen LogP contribution in [0.4, 0.5) is 0 Å². The van der Waals surface area contributed by atoms with Crippen molar-refractivity contribution in [2.45, 2.75) is 0 Å². The molecule has 0 unspecified atom stereocenters. The van der Waals surface area contributed by atoms with E-state index in [1.165, 1.54) is 19.0 Å². The minimum Gasteiger partial charge on any atom is -0.344 e.